The molecule has 2 N–H and O–H groups in total. The second kappa shape index (κ2) is 6.22. The van der Waals surface area contributed by atoms with Crippen molar-refractivity contribution in [2.24, 2.45) is 0 Å². The smallest absolute Gasteiger partial charge is 0.236 e. The van der Waals surface area contributed by atoms with Gasteiger partial charge in [-0.3, -0.25) is 4.79 Å². The number of benzene rings is 1. The van der Waals surface area contributed by atoms with Crippen LogP contribution in [0.1, 0.15) is 24.8 Å². The van der Waals surface area contributed by atoms with E-state index in [1.807, 2.05) is 4.90 Å². The highest BCUT2D eigenvalue weighted by Crippen LogP contribution is 2.37. The number of nitrogens with one attached hydrogen (secondary N) is 1. The summed E-state index contributed by atoms with van der Waals surface area (Å²) < 4.78 is 10.5. The van der Waals surface area contributed by atoms with E-state index in [9.17, 15) is 9.90 Å². The Bertz CT molecular complexity index is 527. The maximum absolute atomic E-state index is 12.0. The number of hydrogen-bond acceptors (Lipinski definition) is 5. The lowest BCUT2D eigenvalue weighted by Crippen LogP contribution is -2.40. The molecule has 114 valence electrons. The quantitative estimate of drug-likeness (QED) is 0.873. The van der Waals surface area contributed by atoms with E-state index >= 15 is 0 Å². The topological polar surface area (TPSA) is 71.0 Å². The molecular formula is C15H20N2O4. The monoisotopic (exact) mass is 292 g/mol. The number of rotatable bonds is 4. The van der Waals surface area contributed by atoms with E-state index in [-0.39, 0.29) is 25.0 Å². The summed E-state index contributed by atoms with van der Waals surface area (Å²) in [5, 5.41) is 13.0. The summed E-state index contributed by atoms with van der Waals surface area (Å²) in [6, 6.07) is 3.29. The molecular weight excluding hydrogens is 272 g/mol. The number of ether oxygens (including phenoxy) is 2. The van der Waals surface area contributed by atoms with Crippen molar-refractivity contribution in [3.8, 4) is 17.2 Å². The normalized spacial score (nSPS) is 17.0. The third-order valence-corrected chi connectivity index (χ3v) is 3.87. The van der Waals surface area contributed by atoms with Crippen molar-refractivity contribution < 1.29 is 19.4 Å². The number of phenols is 1. The van der Waals surface area contributed by atoms with Crippen LogP contribution in [0.25, 0.3) is 0 Å². The van der Waals surface area contributed by atoms with Gasteiger partial charge >= 0.3 is 0 Å². The molecule has 0 unspecified atom stereocenters. The Morgan fingerprint density at radius 3 is 2.67 bits per heavy atom. The molecule has 1 aromatic rings. The van der Waals surface area contributed by atoms with Gasteiger partial charge in [-0.05, 0) is 25.3 Å². The van der Waals surface area contributed by atoms with Crippen molar-refractivity contribution in [2.75, 3.05) is 26.4 Å². The van der Waals surface area contributed by atoms with Crippen LogP contribution in [0, 0.1) is 0 Å². The van der Waals surface area contributed by atoms with Gasteiger partial charge in [0.05, 0.1) is 6.54 Å². The highest BCUT2D eigenvalue weighted by Gasteiger charge is 2.18. The molecule has 1 amide bonds. The number of carbonyl (C=O) groups is 1. The number of amides is 1. The van der Waals surface area contributed by atoms with Crippen LogP contribution < -0.4 is 14.8 Å². The van der Waals surface area contributed by atoms with Crippen LogP contribution in [0.2, 0.25) is 0 Å². The van der Waals surface area contributed by atoms with Crippen molar-refractivity contribution in [3.63, 3.8) is 0 Å². The second-order valence-corrected chi connectivity index (χ2v) is 5.38. The molecule has 3 rings (SSSR count). The molecule has 0 spiro atoms. The molecule has 0 aromatic heterocycles. The van der Waals surface area contributed by atoms with E-state index in [0.717, 1.165) is 25.9 Å². The van der Waals surface area contributed by atoms with Gasteiger partial charge in [0, 0.05) is 31.3 Å². The molecule has 1 saturated heterocycles. The average Bonchev–Trinajstić information content (AvgIpc) is 2.95. The molecule has 0 radical (unpaired) electrons. The number of hydrogen-bond donors (Lipinski definition) is 2. The highest BCUT2D eigenvalue weighted by atomic mass is 16.7. The van der Waals surface area contributed by atoms with Crippen LogP contribution in [-0.4, -0.2) is 42.3 Å². The average molecular weight is 292 g/mol. The van der Waals surface area contributed by atoms with Gasteiger partial charge in [-0.2, -0.15) is 0 Å². The van der Waals surface area contributed by atoms with Crippen LogP contribution in [-0.2, 0) is 11.3 Å². The molecule has 6 heteroatoms. The lowest BCUT2D eigenvalue weighted by atomic mass is 10.1. The third-order valence-electron chi connectivity index (χ3n) is 3.87. The fraction of sp³-hybridized carbons (Fsp3) is 0.533. The molecule has 0 bridgehead atoms. The maximum Gasteiger partial charge on any atom is 0.236 e. The Kier molecular flexibility index (Phi) is 4.15. The summed E-state index contributed by atoms with van der Waals surface area (Å²) in [5.74, 6) is 1.46. The van der Waals surface area contributed by atoms with Gasteiger partial charge in [0.2, 0.25) is 12.7 Å². The standard InChI is InChI=1S/C15H20N2O4/c18-12-7-14-13(20-10-21-14)6-11(12)8-16-9-15(19)17-4-2-1-3-5-17/h6-7,16,18H,1-5,8-10H2. The molecule has 0 saturated carbocycles. The fourth-order valence-corrected chi connectivity index (χ4v) is 2.67. The Hall–Kier alpha value is -1.95. The van der Waals surface area contributed by atoms with Crippen LogP contribution in [0.5, 0.6) is 17.2 Å². The van der Waals surface area contributed by atoms with E-state index < -0.39 is 0 Å². The summed E-state index contributed by atoms with van der Waals surface area (Å²) in [4.78, 5) is 13.9. The Morgan fingerprint density at radius 2 is 1.90 bits per heavy atom. The summed E-state index contributed by atoms with van der Waals surface area (Å²) in [5.41, 5.74) is 0.700. The first kappa shape index (κ1) is 14.0. The number of carbonyl (C=O) groups excluding carboxylic acids is 1. The van der Waals surface area contributed by atoms with E-state index in [4.69, 9.17) is 9.47 Å². The van der Waals surface area contributed by atoms with Crippen molar-refractivity contribution in [3.05, 3.63) is 17.7 Å². The fourth-order valence-electron chi connectivity index (χ4n) is 2.67. The van der Waals surface area contributed by atoms with Gasteiger partial charge in [0.1, 0.15) is 5.75 Å². The molecule has 2 aliphatic rings. The third kappa shape index (κ3) is 3.21. The van der Waals surface area contributed by atoms with Gasteiger partial charge in [-0.15, -0.1) is 0 Å². The number of nitrogens with zero attached hydrogens (tertiary/aromatic N) is 1. The molecule has 21 heavy (non-hydrogen) atoms. The van der Waals surface area contributed by atoms with Gasteiger partial charge in [0.15, 0.2) is 11.5 Å². The zero-order chi connectivity index (χ0) is 14.7. The highest BCUT2D eigenvalue weighted by molar-refractivity contribution is 5.78. The maximum atomic E-state index is 12.0. The van der Waals surface area contributed by atoms with Crippen LogP contribution in [0.3, 0.4) is 0 Å². The summed E-state index contributed by atoms with van der Waals surface area (Å²) in [6.45, 7) is 2.60. The van der Waals surface area contributed by atoms with Gasteiger partial charge < -0.3 is 24.8 Å². The summed E-state index contributed by atoms with van der Waals surface area (Å²) >= 11 is 0. The number of likely N-dealkylation sites (tertiary alicyclic amines) is 1. The van der Waals surface area contributed by atoms with E-state index in [0.29, 0.717) is 23.6 Å². The zero-order valence-corrected chi connectivity index (χ0v) is 11.9. The Balaban J connectivity index is 1.52. The van der Waals surface area contributed by atoms with E-state index in [2.05, 4.69) is 5.32 Å². The summed E-state index contributed by atoms with van der Waals surface area (Å²) in [6.07, 6.45) is 3.39. The van der Waals surface area contributed by atoms with Crippen LogP contribution in [0.4, 0.5) is 0 Å². The number of aromatic hydroxyl groups is 1. The first-order chi connectivity index (χ1) is 10.2. The molecule has 0 atom stereocenters. The minimum atomic E-state index is 0.120. The van der Waals surface area contributed by atoms with Crippen molar-refractivity contribution in [1.29, 1.82) is 0 Å². The predicted molar refractivity (Wildman–Crippen MR) is 76.4 cm³/mol. The lowest BCUT2D eigenvalue weighted by molar-refractivity contribution is -0.131. The largest absolute Gasteiger partial charge is 0.507 e. The van der Waals surface area contributed by atoms with E-state index in [1.165, 1.54) is 6.42 Å². The molecule has 1 aromatic carbocycles. The van der Waals surface area contributed by atoms with Gasteiger partial charge in [0.25, 0.3) is 0 Å². The number of piperidine rings is 1. The minimum Gasteiger partial charge on any atom is -0.507 e. The van der Waals surface area contributed by atoms with Crippen LogP contribution >= 0.6 is 0 Å². The van der Waals surface area contributed by atoms with Crippen molar-refractivity contribution >= 4 is 5.91 Å². The number of fused-ring (bicyclic) bond motifs is 1. The Labute approximate surface area is 123 Å². The van der Waals surface area contributed by atoms with Gasteiger partial charge in [-0.25, -0.2) is 0 Å². The number of phenolic OH excluding ortho intramolecular Hbond substituents is 1. The Morgan fingerprint density at radius 1 is 1.19 bits per heavy atom. The first-order valence-corrected chi connectivity index (χ1v) is 7.34. The molecule has 2 aliphatic heterocycles. The minimum absolute atomic E-state index is 0.120. The lowest BCUT2D eigenvalue weighted by Gasteiger charge is -2.26. The van der Waals surface area contributed by atoms with Crippen molar-refractivity contribution in [2.45, 2.75) is 25.8 Å². The molecule has 6 nitrogen and oxygen atoms in total. The van der Waals surface area contributed by atoms with Crippen molar-refractivity contribution in [1.82, 2.24) is 10.2 Å². The summed E-state index contributed by atoms with van der Waals surface area (Å²) in [7, 11) is 0. The van der Waals surface area contributed by atoms with Crippen LogP contribution in [0.15, 0.2) is 12.1 Å². The molecule has 0 aliphatic carbocycles. The van der Waals surface area contributed by atoms with Gasteiger partial charge in [-0.1, -0.05) is 0 Å². The first-order valence-electron chi connectivity index (χ1n) is 7.34. The molecule has 1 fully saturated rings. The zero-order valence-electron chi connectivity index (χ0n) is 11.9. The second-order valence-electron chi connectivity index (χ2n) is 5.38. The van der Waals surface area contributed by atoms with E-state index in [1.54, 1.807) is 12.1 Å². The predicted octanol–water partition coefficient (Wildman–Crippen LogP) is 1.22. The molecule has 2 heterocycles. The SMILES string of the molecule is O=C(CNCc1cc2c(cc1O)OCO2)N1CCCCC1.